The zero-order valence-corrected chi connectivity index (χ0v) is 30.3. The van der Waals surface area contributed by atoms with Crippen molar-refractivity contribution in [2.75, 3.05) is 0 Å². The molecule has 3 aliphatic rings. The van der Waals surface area contributed by atoms with Gasteiger partial charge in [0.15, 0.2) is 0 Å². The fraction of sp³-hybridized carbons (Fsp3) is 0.605. The van der Waals surface area contributed by atoms with E-state index in [1.807, 2.05) is 42.5 Å². The Kier molecular flexibility index (Phi) is 11.9. The van der Waals surface area contributed by atoms with Gasteiger partial charge in [0.1, 0.15) is 11.5 Å². The molecule has 264 valence electrons. The molecule has 0 aliphatic heterocycles. The van der Waals surface area contributed by atoms with Gasteiger partial charge in [-0.3, -0.25) is 14.3 Å². The second-order valence-electron chi connectivity index (χ2n) is 15.3. The third kappa shape index (κ3) is 8.15. The first-order chi connectivity index (χ1) is 23.9. The van der Waals surface area contributed by atoms with Crippen LogP contribution in [0.25, 0.3) is 11.3 Å². The van der Waals surface area contributed by atoms with Gasteiger partial charge in [-0.15, -0.1) is 0 Å². The molecule has 0 radical (unpaired) electrons. The van der Waals surface area contributed by atoms with Crippen molar-refractivity contribution in [3.8, 4) is 22.8 Å². The second kappa shape index (κ2) is 16.5. The van der Waals surface area contributed by atoms with Gasteiger partial charge < -0.3 is 9.47 Å². The van der Waals surface area contributed by atoms with Crippen LogP contribution in [0.3, 0.4) is 0 Å². The Balaban J connectivity index is 1.20. The van der Waals surface area contributed by atoms with Gasteiger partial charge in [0.25, 0.3) is 0 Å². The molecule has 3 saturated carbocycles. The Morgan fingerprint density at radius 1 is 0.755 bits per heavy atom. The lowest BCUT2D eigenvalue weighted by Gasteiger charge is -2.39. The summed E-state index contributed by atoms with van der Waals surface area (Å²) in [4.78, 5) is 26.3. The molecule has 6 heteroatoms. The number of para-hydroxylation sites is 1. The normalized spacial score (nSPS) is 24.3. The molecule has 1 heterocycles. The van der Waals surface area contributed by atoms with Crippen molar-refractivity contribution in [3.63, 3.8) is 0 Å². The number of hydrogen-bond donors (Lipinski definition) is 0. The average molecular weight is 667 g/mol. The van der Waals surface area contributed by atoms with Crippen molar-refractivity contribution >= 4 is 11.9 Å². The summed E-state index contributed by atoms with van der Waals surface area (Å²) in [5.41, 5.74) is 4.93. The lowest BCUT2D eigenvalue weighted by atomic mass is 9.65. The summed E-state index contributed by atoms with van der Waals surface area (Å²) in [5.74, 6) is 1.79. The minimum absolute atomic E-state index is 0.0152. The molecule has 3 aromatic rings. The van der Waals surface area contributed by atoms with Crippen LogP contribution in [0.5, 0.6) is 11.5 Å². The van der Waals surface area contributed by atoms with E-state index in [2.05, 4.69) is 37.6 Å². The first-order valence-corrected chi connectivity index (χ1v) is 19.6. The van der Waals surface area contributed by atoms with Gasteiger partial charge in [-0.2, -0.15) is 5.10 Å². The molecule has 6 nitrogen and oxygen atoms in total. The molecule has 49 heavy (non-hydrogen) atoms. The first-order valence-electron chi connectivity index (χ1n) is 19.6. The summed E-state index contributed by atoms with van der Waals surface area (Å²) in [6.45, 7) is 6.78. The predicted molar refractivity (Wildman–Crippen MR) is 196 cm³/mol. The minimum Gasteiger partial charge on any atom is -0.426 e. The number of hydrogen-bond acceptors (Lipinski definition) is 5. The van der Waals surface area contributed by atoms with Gasteiger partial charge in [0.05, 0.1) is 29.3 Å². The lowest BCUT2D eigenvalue weighted by molar-refractivity contribution is -0.141. The van der Waals surface area contributed by atoms with Crippen LogP contribution in [0, 0.1) is 17.8 Å². The Labute approximate surface area is 294 Å². The van der Waals surface area contributed by atoms with Crippen molar-refractivity contribution < 1.29 is 19.1 Å². The van der Waals surface area contributed by atoms with Gasteiger partial charge >= 0.3 is 11.9 Å². The molecule has 0 saturated heterocycles. The first kappa shape index (κ1) is 35.4. The largest absolute Gasteiger partial charge is 0.426 e. The number of ether oxygens (including phenoxy) is 2. The monoisotopic (exact) mass is 666 g/mol. The molecule has 0 spiro atoms. The molecule has 3 aliphatic carbocycles. The molecule has 6 rings (SSSR count). The Hall–Kier alpha value is -3.41. The molecular formula is C43H58N2O4. The second-order valence-corrected chi connectivity index (χ2v) is 15.3. The van der Waals surface area contributed by atoms with E-state index in [-0.39, 0.29) is 29.2 Å². The zero-order chi connectivity index (χ0) is 34.2. The molecule has 0 N–H and O–H groups in total. The van der Waals surface area contributed by atoms with Crippen LogP contribution in [-0.4, -0.2) is 21.7 Å². The maximum Gasteiger partial charge on any atom is 0.314 e. The van der Waals surface area contributed by atoms with E-state index in [4.69, 9.17) is 14.6 Å². The summed E-state index contributed by atoms with van der Waals surface area (Å²) in [5, 5.41) is 5.54. The minimum atomic E-state index is -0.105. The van der Waals surface area contributed by atoms with Crippen LogP contribution >= 0.6 is 0 Å². The number of esters is 2. The predicted octanol–water partition coefficient (Wildman–Crippen LogP) is 11.0. The van der Waals surface area contributed by atoms with Crippen LogP contribution in [-0.2, 0) is 21.4 Å². The van der Waals surface area contributed by atoms with Crippen molar-refractivity contribution in [1.29, 1.82) is 0 Å². The highest BCUT2D eigenvalue weighted by Gasteiger charge is 2.43. The highest BCUT2D eigenvalue weighted by atomic mass is 16.5. The molecule has 0 atom stereocenters. The highest BCUT2D eigenvalue weighted by Crippen LogP contribution is 2.49. The summed E-state index contributed by atoms with van der Waals surface area (Å²) < 4.78 is 14.1. The van der Waals surface area contributed by atoms with Crippen molar-refractivity contribution in [1.82, 2.24) is 9.78 Å². The van der Waals surface area contributed by atoms with Crippen LogP contribution in [0.4, 0.5) is 0 Å². The number of carbonyl (C=O) groups excluding carboxylic acids is 2. The van der Waals surface area contributed by atoms with Gasteiger partial charge in [0.2, 0.25) is 0 Å². The number of benzene rings is 2. The van der Waals surface area contributed by atoms with E-state index in [0.717, 1.165) is 101 Å². The van der Waals surface area contributed by atoms with Crippen molar-refractivity contribution in [2.24, 2.45) is 17.8 Å². The van der Waals surface area contributed by atoms with Crippen LogP contribution < -0.4 is 9.47 Å². The molecule has 0 amide bonds. The standard InChI is InChI=1S/C43H58N2O4/c1-4-7-13-31-18-20-33(21-19-31)41(46)49-37-24-22-32(23-25-37)39-38(6-3)40(44-45(39)35-14-12-15-35)43(28-8-5-2)29-26-34(27-30-43)42(47)48-36-16-10-9-11-17-36/h9-11,16-17,22-25,31,33-35H,4-8,12-15,18-21,26-30H2,1-3H3. The molecule has 3 fully saturated rings. The van der Waals surface area contributed by atoms with E-state index < -0.39 is 0 Å². The molecule has 2 aromatic carbocycles. The number of aromatic nitrogens is 2. The average Bonchev–Trinajstić information content (AvgIpc) is 3.49. The molecule has 0 bridgehead atoms. The van der Waals surface area contributed by atoms with Gasteiger partial charge in [-0.25, -0.2) is 0 Å². The van der Waals surface area contributed by atoms with E-state index in [1.54, 1.807) is 0 Å². The summed E-state index contributed by atoms with van der Waals surface area (Å²) in [7, 11) is 0. The molecule has 1 aromatic heterocycles. The number of unbranched alkanes of at least 4 members (excludes halogenated alkanes) is 2. The third-order valence-corrected chi connectivity index (χ3v) is 12.0. The van der Waals surface area contributed by atoms with E-state index >= 15 is 0 Å². The summed E-state index contributed by atoms with van der Waals surface area (Å²) >= 11 is 0. The van der Waals surface area contributed by atoms with Crippen LogP contribution in [0.1, 0.15) is 147 Å². The number of rotatable bonds is 14. The highest BCUT2D eigenvalue weighted by molar-refractivity contribution is 5.76. The lowest BCUT2D eigenvalue weighted by Crippen LogP contribution is -2.36. The summed E-state index contributed by atoms with van der Waals surface area (Å²) in [6, 6.07) is 18.1. The van der Waals surface area contributed by atoms with E-state index in [0.29, 0.717) is 17.5 Å². The van der Waals surface area contributed by atoms with E-state index in [9.17, 15) is 9.59 Å². The zero-order valence-electron chi connectivity index (χ0n) is 30.3. The smallest absolute Gasteiger partial charge is 0.314 e. The third-order valence-electron chi connectivity index (χ3n) is 12.0. The van der Waals surface area contributed by atoms with Gasteiger partial charge in [-0.05, 0) is 126 Å². The van der Waals surface area contributed by atoms with Gasteiger partial charge in [-0.1, -0.05) is 71.1 Å². The molecule has 0 unspecified atom stereocenters. The van der Waals surface area contributed by atoms with Crippen molar-refractivity contribution in [3.05, 3.63) is 65.9 Å². The number of nitrogens with zero attached hydrogens (tertiary/aromatic N) is 2. The fourth-order valence-electron chi connectivity index (χ4n) is 8.71. The fourth-order valence-corrected chi connectivity index (χ4v) is 8.71. The SMILES string of the molecule is CCCCC1CCC(C(=O)Oc2ccc(-c3c(CC)c(C4(CCCC)CCC(C(=O)Oc5ccccc5)CC4)nn3C3CCC3)cc2)CC1. The Morgan fingerprint density at radius 2 is 1.37 bits per heavy atom. The molecular weight excluding hydrogens is 608 g/mol. The maximum atomic E-state index is 13.2. The van der Waals surface area contributed by atoms with Crippen LogP contribution in [0.15, 0.2) is 54.6 Å². The quantitative estimate of drug-likeness (QED) is 0.126. The summed E-state index contributed by atoms with van der Waals surface area (Å²) in [6.07, 6.45) is 19.4. The van der Waals surface area contributed by atoms with Crippen LogP contribution in [0.2, 0.25) is 0 Å². The van der Waals surface area contributed by atoms with E-state index in [1.165, 1.54) is 42.6 Å². The Bertz CT molecular complexity index is 1510. The van der Waals surface area contributed by atoms with Crippen molar-refractivity contribution in [2.45, 2.75) is 148 Å². The topological polar surface area (TPSA) is 70.4 Å². The number of carbonyl (C=O) groups is 2. The Morgan fingerprint density at radius 3 is 1.94 bits per heavy atom. The van der Waals surface area contributed by atoms with Gasteiger partial charge in [0, 0.05) is 16.5 Å². The maximum absolute atomic E-state index is 13.2.